The molecule has 4 nitrogen and oxygen atoms in total. The molecule has 2 N–H and O–H groups in total. The van der Waals surface area contributed by atoms with Crippen molar-refractivity contribution in [1.82, 2.24) is 0 Å². The number of carbonyl (C=O) groups is 1. The Kier molecular flexibility index (Phi) is 3.80. The number of ether oxygens (including phenoxy) is 1. The molecule has 0 aromatic heterocycles. The average Bonchev–Trinajstić information content (AvgIpc) is 2.21. The lowest BCUT2D eigenvalue weighted by Crippen LogP contribution is -2.06. The molecule has 0 saturated carbocycles. The van der Waals surface area contributed by atoms with E-state index in [0.717, 1.165) is 0 Å². The normalized spacial score (nSPS) is 10.0. The van der Waals surface area contributed by atoms with Gasteiger partial charge in [-0.3, -0.25) is 0 Å². The third-order valence-electron chi connectivity index (χ3n) is 1.75. The van der Waals surface area contributed by atoms with E-state index in [4.69, 9.17) is 16.3 Å². The molecular formula is C10H11ClO4. The second-order valence-corrected chi connectivity index (χ2v) is 3.33. The summed E-state index contributed by atoms with van der Waals surface area (Å²) in [5.74, 6) is -1.69. The van der Waals surface area contributed by atoms with Crippen LogP contribution in [-0.4, -0.2) is 22.8 Å². The van der Waals surface area contributed by atoms with Crippen LogP contribution < -0.4 is 0 Å². The van der Waals surface area contributed by atoms with Crippen LogP contribution >= 0.6 is 11.6 Å². The summed E-state index contributed by atoms with van der Waals surface area (Å²) >= 11 is 5.70. The van der Waals surface area contributed by atoms with Crippen LogP contribution in [0.4, 0.5) is 0 Å². The van der Waals surface area contributed by atoms with Crippen molar-refractivity contribution in [2.45, 2.75) is 13.3 Å². The standard InChI is InChI=1S/C10H11ClO4/c1-2-5-15-10(14)8-6(11)3-4-7(12)9(8)13/h3-4,12-13H,2,5H2,1H3. The van der Waals surface area contributed by atoms with Crippen molar-refractivity contribution in [2.24, 2.45) is 0 Å². The summed E-state index contributed by atoms with van der Waals surface area (Å²) in [6.07, 6.45) is 0.670. The van der Waals surface area contributed by atoms with E-state index < -0.39 is 17.5 Å². The zero-order valence-electron chi connectivity index (χ0n) is 8.16. The summed E-state index contributed by atoms with van der Waals surface area (Å²) in [6.45, 7) is 2.08. The Morgan fingerprint density at radius 3 is 2.73 bits per heavy atom. The summed E-state index contributed by atoms with van der Waals surface area (Å²) in [4.78, 5) is 11.4. The minimum atomic E-state index is -0.741. The minimum absolute atomic E-state index is 0.0476. The van der Waals surface area contributed by atoms with Gasteiger partial charge in [-0.25, -0.2) is 4.79 Å². The monoisotopic (exact) mass is 230 g/mol. The van der Waals surface area contributed by atoms with Crippen molar-refractivity contribution >= 4 is 17.6 Å². The lowest BCUT2D eigenvalue weighted by Gasteiger charge is -2.07. The number of phenolic OH excluding ortho intramolecular Hbond substituents is 2. The SMILES string of the molecule is CCCOC(=O)c1c(Cl)ccc(O)c1O. The highest BCUT2D eigenvalue weighted by Crippen LogP contribution is 2.34. The van der Waals surface area contributed by atoms with Crippen LogP contribution in [0.1, 0.15) is 23.7 Å². The van der Waals surface area contributed by atoms with Gasteiger partial charge in [0.1, 0.15) is 5.56 Å². The van der Waals surface area contributed by atoms with Crippen LogP contribution in [-0.2, 0) is 4.74 Å². The summed E-state index contributed by atoms with van der Waals surface area (Å²) < 4.78 is 4.80. The molecule has 0 aliphatic heterocycles. The Labute approximate surface area is 92.1 Å². The summed E-state index contributed by atoms with van der Waals surface area (Å²) in [5, 5.41) is 18.6. The zero-order chi connectivity index (χ0) is 11.4. The maximum absolute atomic E-state index is 11.4. The van der Waals surface area contributed by atoms with E-state index in [1.807, 2.05) is 6.92 Å². The molecule has 0 fully saturated rings. The highest BCUT2D eigenvalue weighted by molar-refractivity contribution is 6.34. The predicted molar refractivity (Wildman–Crippen MR) is 55.4 cm³/mol. The van der Waals surface area contributed by atoms with Crippen molar-refractivity contribution < 1.29 is 19.7 Å². The molecule has 82 valence electrons. The topological polar surface area (TPSA) is 66.8 Å². The molecular weight excluding hydrogens is 220 g/mol. The maximum atomic E-state index is 11.4. The van der Waals surface area contributed by atoms with Gasteiger partial charge in [0.25, 0.3) is 0 Å². The van der Waals surface area contributed by atoms with Gasteiger partial charge in [-0.2, -0.15) is 0 Å². The van der Waals surface area contributed by atoms with Gasteiger partial charge in [-0.05, 0) is 18.6 Å². The lowest BCUT2D eigenvalue weighted by molar-refractivity contribution is 0.0501. The number of carbonyl (C=O) groups excluding carboxylic acids is 1. The first-order valence-corrected chi connectivity index (χ1v) is 4.83. The van der Waals surface area contributed by atoms with E-state index >= 15 is 0 Å². The molecule has 0 aliphatic rings. The zero-order valence-corrected chi connectivity index (χ0v) is 8.91. The fourth-order valence-electron chi connectivity index (χ4n) is 1.02. The van der Waals surface area contributed by atoms with Crippen LogP contribution in [0.25, 0.3) is 0 Å². The Hall–Kier alpha value is -1.42. The summed E-state index contributed by atoms with van der Waals surface area (Å²) in [6, 6.07) is 2.52. The lowest BCUT2D eigenvalue weighted by atomic mass is 10.2. The smallest absolute Gasteiger partial charge is 0.343 e. The molecule has 0 unspecified atom stereocenters. The number of hydrogen-bond donors (Lipinski definition) is 2. The molecule has 15 heavy (non-hydrogen) atoms. The Balaban J connectivity index is 3.02. The number of halogens is 1. The molecule has 0 spiro atoms. The first-order chi connectivity index (χ1) is 7.07. The van der Waals surface area contributed by atoms with Crippen molar-refractivity contribution in [3.05, 3.63) is 22.7 Å². The van der Waals surface area contributed by atoms with Crippen molar-refractivity contribution in [3.8, 4) is 11.5 Å². The van der Waals surface area contributed by atoms with E-state index in [-0.39, 0.29) is 17.2 Å². The second kappa shape index (κ2) is 4.89. The van der Waals surface area contributed by atoms with Gasteiger partial charge < -0.3 is 14.9 Å². The molecule has 1 aromatic carbocycles. The fourth-order valence-corrected chi connectivity index (χ4v) is 1.25. The molecule has 0 radical (unpaired) electrons. The molecule has 1 aromatic rings. The van der Waals surface area contributed by atoms with Gasteiger partial charge >= 0.3 is 5.97 Å². The third kappa shape index (κ3) is 2.53. The first kappa shape index (κ1) is 11.7. The first-order valence-electron chi connectivity index (χ1n) is 4.45. The molecule has 5 heteroatoms. The summed E-state index contributed by atoms with van der Waals surface area (Å²) in [7, 11) is 0. The quantitative estimate of drug-likeness (QED) is 0.618. The molecule has 0 aliphatic carbocycles. The highest BCUT2D eigenvalue weighted by atomic mass is 35.5. The molecule has 0 amide bonds. The van der Waals surface area contributed by atoms with Crippen LogP contribution in [0.5, 0.6) is 11.5 Å². The van der Waals surface area contributed by atoms with Gasteiger partial charge in [0.15, 0.2) is 11.5 Å². The average molecular weight is 231 g/mol. The van der Waals surface area contributed by atoms with Crippen molar-refractivity contribution in [1.29, 1.82) is 0 Å². The Bertz CT molecular complexity index is 376. The number of benzene rings is 1. The third-order valence-corrected chi connectivity index (χ3v) is 2.06. The number of hydrogen-bond acceptors (Lipinski definition) is 4. The molecule has 0 atom stereocenters. The summed E-state index contributed by atoms with van der Waals surface area (Å²) in [5.41, 5.74) is -0.204. The van der Waals surface area contributed by atoms with Crippen LogP contribution in [0.3, 0.4) is 0 Å². The minimum Gasteiger partial charge on any atom is -0.504 e. The van der Waals surface area contributed by atoms with E-state index in [2.05, 4.69) is 0 Å². The second-order valence-electron chi connectivity index (χ2n) is 2.93. The molecule has 0 bridgehead atoms. The van der Waals surface area contributed by atoms with E-state index in [0.29, 0.717) is 6.42 Å². The predicted octanol–water partition coefficient (Wildman–Crippen LogP) is 2.32. The van der Waals surface area contributed by atoms with Crippen LogP contribution in [0.15, 0.2) is 12.1 Å². The Morgan fingerprint density at radius 2 is 2.13 bits per heavy atom. The van der Waals surface area contributed by atoms with Crippen molar-refractivity contribution in [2.75, 3.05) is 6.61 Å². The number of phenols is 2. The molecule has 1 rings (SSSR count). The van der Waals surface area contributed by atoms with Crippen LogP contribution in [0.2, 0.25) is 5.02 Å². The molecule has 0 saturated heterocycles. The highest BCUT2D eigenvalue weighted by Gasteiger charge is 2.19. The van der Waals surface area contributed by atoms with E-state index in [1.54, 1.807) is 0 Å². The van der Waals surface area contributed by atoms with Gasteiger partial charge in [0.2, 0.25) is 0 Å². The van der Waals surface area contributed by atoms with Gasteiger partial charge in [0, 0.05) is 0 Å². The van der Waals surface area contributed by atoms with Gasteiger partial charge in [-0.1, -0.05) is 18.5 Å². The number of esters is 1. The van der Waals surface area contributed by atoms with Crippen molar-refractivity contribution in [3.63, 3.8) is 0 Å². The Morgan fingerprint density at radius 1 is 1.47 bits per heavy atom. The van der Waals surface area contributed by atoms with Gasteiger partial charge in [0.05, 0.1) is 11.6 Å². The van der Waals surface area contributed by atoms with Crippen LogP contribution in [0, 0.1) is 0 Å². The largest absolute Gasteiger partial charge is 0.504 e. The van der Waals surface area contributed by atoms with E-state index in [1.165, 1.54) is 12.1 Å². The molecule has 0 heterocycles. The van der Waals surface area contributed by atoms with E-state index in [9.17, 15) is 15.0 Å². The maximum Gasteiger partial charge on any atom is 0.343 e. The fraction of sp³-hybridized carbons (Fsp3) is 0.300. The van der Waals surface area contributed by atoms with Gasteiger partial charge in [-0.15, -0.1) is 0 Å². The number of rotatable bonds is 3. The number of aromatic hydroxyl groups is 2.